The van der Waals surface area contributed by atoms with E-state index in [1.54, 1.807) is 24.8 Å². The molecule has 1 saturated heterocycles. The highest BCUT2D eigenvalue weighted by molar-refractivity contribution is 7.18. The number of hydrogen-bond donors (Lipinski definition) is 1. The number of aromatic nitrogens is 2. The second-order valence-electron chi connectivity index (χ2n) is 6.93. The molecule has 0 atom stereocenters. The summed E-state index contributed by atoms with van der Waals surface area (Å²) >= 11 is 1.73. The lowest BCUT2D eigenvalue weighted by Gasteiger charge is -2.32. The summed E-state index contributed by atoms with van der Waals surface area (Å²) in [6.45, 7) is 3.78. The molecule has 3 aromatic rings. The highest BCUT2D eigenvalue weighted by Gasteiger charge is 2.27. The van der Waals surface area contributed by atoms with Gasteiger partial charge in [0.25, 0.3) is 0 Å². The Bertz CT molecular complexity index is 979. The molecule has 146 valence electrons. The van der Waals surface area contributed by atoms with Crippen LogP contribution in [-0.4, -0.2) is 36.1 Å². The largest absolute Gasteiger partial charge is 0.495 e. The van der Waals surface area contributed by atoms with Crippen molar-refractivity contribution in [3.05, 3.63) is 41.5 Å². The Morgan fingerprint density at radius 3 is 2.82 bits per heavy atom. The van der Waals surface area contributed by atoms with E-state index < -0.39 is 0 Å². The Morgan fingerprint density at radius 2 is 2.07 bits per heavy atom. The van der Waals surface area contributed by atoms with Gasteiger partial charge in [0.05, 0.1) is 18.2 Å². The molecular weight excluding hydrogens is 372 g/mol. The molecule has 2 aromatic heterocycles. The van der Waals surface area contributed by atoms with Gasteiger partial charge < -0.3 is 15.0 Å². The molecule has 3 heterocycles. The Morgan fingerprint density at radius 1 is 1.29 bits per heavy atom. The van der Waals surface area contributed by atoms with Crippen LogP contribution in [0.3, 0.4) is 0 Å². The molecule has 1 fully saturated rings. The minimum atomic E-state index is -0.00725. The molecule has 0 aliphatic carbocycles. The van der Waals surface area contributed by atoms with Crippen LogP contribution in [0.1, 0.15) is 24.6 Å². The number of nitrogens with zero attached hydrogens (tertiary/aromatic N) is 3. The predicted octanol–water partition coefficient (Wildman–Crippen LogP) is 4.12. The van der Waals surface area contributed by atoms with Crippen molar-refractivity contribution in [3.63, 3.8) is 0 Å². The third kappa shape index (κ3) is 3.67. The second-order valence-corrected chi connectivity index (χ2v) is 8.05. The van der Waals surface area contributed by atoms with E-state index in [1.165, 1.54) is 4.88 Å². The number of para-hydroxylation sites is 2. The monoisotopic (exact) mass is 396 g/mol. The highest BCUT2D eigenvalue weighted by Crippen LogP contribution is 2.33. The first-order valence-electron chi connectivity index (χ1n) is 9.61. The van der Waals surface area contributed by atoms with Gasteiger partial charge >= 0.3 is 0 Å². The lowest BCUT2D eigenvalue weighted by molar-refractivity contribution is -0.120. The Labute approximate surface area is 168 Å². The van der Waals surface area contributed by atoms with E-state index in [0.29, 0.717) is 5.75 Å². The molecule has 1 N–H and O–H groups in total. The predicted molar refractivity (Wildman–Crippen MR) is 113 cm³/mol. The van der Waals surface area contributed by atoms with E-state index in [-0.39, 0.29) is 11.8 Å². The lowest BCUT2D eigenvalue weighted by Crippen LogP contribution is -2.38. The summed E-state index contributed by atoms with van der Waals surface area (Å²) in [6, 6.07) is 9.71. The van der Waals surface area contributed by atoms with E-state index in [2.05, 4.69) is 33.2 Å². The Hall–Kier alpha value is -2.67. The van der Waals surface area contributed by atoms with E-state index in [4.69, 9.17) is 4.74 Å². The van der Waals surface area contributed by atoms with E-state index in [9.17, 15) is 4.79 Å². The molecule has 0 bridgehead atoms. The molecule has 7 heteroatoms. The molecule has 1 aliphatic rings. The fraction of sp³-hybridized carbons (Fsp3) is 0.381. The number of aryl methyl sites for hydroxylation is 1. The first-order chi connectivity index (χ1) is 13.7. The molecular formula is C21H24N4O2S. The number of piperidine rings is 1. The zero-order valence-electron chi connectivity index (χ0n) is 16.1. The fourth-order valence-corrected chi connectivity index (χ4v) is 4.58. The summed E-state index contributed by atoms with van der Waals surface area (Å²) in [5.74, 6) is 1.72. The summed E-state index contributed by atoms with van der Waals surface area (Å²) in [4.78, 5) is 26.3. The van der Waals surface area contributed by atoms with Crippen LogP contribution >= 0.6 is 11.3 Å². The average Bonchev–Trinajstić information content (AvgIpc) is 3.18. The second kappa shape index (κ2) is 8.14. The lowest BCUT2D eigenvalue weighted by atomic mass is 9.95. The van der Waals surface area contributed by atoms with Crippen molar-refractivity contribution >= 4 is 39.0 Å². The number of hydrogen-bond acceptors (Lipinski definition) is 6. The van der Waals surface area contributed by atoms with E-state index in [0.717, 1.165) is 54.1 Å². The quantitative estimate of drug-likeness (QED) is 0.703. The number of thiophene rings is 1. The van der Waals surface area contributed by atoms with Crippen LogP contribution in [0.15, 0.2) is 36.7 Å². The molecule has 0 spiro atoms. The van der Waals surface area contributed by atoms with Gasteiger partial charge in [0, 0.05) is 23.9 Å². The third-order valence-electron chi connectivity index (χ3n) is 5.24. The van der Waals surface area contributed by atoms with Crippen molar-refractivity contribution in [1.29, 1.82) is 0 Å². The third-order valence-corrected chi connectivity index (χ3v) is 6.43. The molecule has 0 saturated carbocycles. The number of nitrogens with one attached hydrogen (secondary N) is 1. The van der Waals surface area contributed by atoms with Gasteiger partial charge in [-0.2, -0.15) is 0 Å². The number of benzene rings is 1. The van der Waals surface area contributed by atoms with Crippen LogP contribution in [0.25, 0.3) is 10.2 Å². The highest BCUT2D eigenvalue weighted by atomic mass is 32.1. The zero-order valence-corrected chi connectivity index (χ0v) is 17.0. The number of ether oxygens (including phenoxy) is 1. The van der Waals surface area contributed by atoms with E-state index in [1.807, 2.05) is 24.3 Å². The number of methoxy groups -OCH3 is 1. The summed E-state index contributed by atoms with van der Waals surface area (Å²) in [5, 5.41) is 4.15. The van der Waals surface area contributed by atoms with Crippen LogP contribution < -0.4 is 15.0 Å². The maximum Gasteiger partial charge on any atom is 0.227 e. The smallest absolute Gasteiger partial charge is 0.227 e. The molecule has 0 radical (unpaired) electrons. The number of anilines is 2. The average molecular weight is 397 g/mol. The van der Waals surface area contributed by atoms with Gasteiger partial charge in [0.15, 0.2) is 0 Å². The molecule has 0 unspecified atom stereocenters. The van der Waals surface area contributed by atoms with Gasteiger partial charge in [-0.15, -0.1) is 11.3 Å². The van der Waals surface area contributed by atoms with Crippen LogP contribution in [-0.2, 0) is 11.2 Å². The molecule has 1 amide bonds. The summed E-state index contributed by atoms with van der Waals surface area (Å²) in [6.07, 6.45) is 4.26. The maximum atomic E-state index is 12.7. The van der Waals surface area contributed by atoms with Crippen molar-refractivity contribution in [2.45, 2.75) is 26.2 Å². The standard InChI is InChI=1S/C21H24N4O2S/c1-3-15-12-16-19(22-13-23-21(16)28-15)25-10-8-14(9-11-25)20(26)24-17-6-4-5-7-18(17)27-2/h4-7,12-14H,3,8-11H2,1-2H3,(H,24,26). The maximum absolute atomic E-state index is 12.7. The molecule has 1 aliphatic heterocycles. The molecule has 6 nitrogen and oxygen atoms in total. The van der Waals surface area contributed by atoms with Gasteiger partial charge in [0.2, 0.25) is 5.91 Å². The van der Waals surface area contributed by atoms with Crippen molar-refractivity contribution in [2.75, 3.05) is 30.4 Å². The fourth-order valence-electron chi connectivity index (χ4n) is 3.66. The van der Waals surface area contributed by atoms with Crippen LogP contribution in [0, 0.1) is 5.92 Å². The summed E-state index contributed by atoms with van der Waals surface area (Å²) in [5.41, 5.74) is 0.723. The first-order valence-corrected chi connectivity index (χ1v) is 10.4. The minimum absolute atomic E-state index is 0.00725. The van der Waals surface area contributed by atoms with Gasteiger partial charge in [0.1, 0.15) is 22.7 Å². The summed E-state index contributed by atoms with van der Waals surface area (Å²) in [7, 11) is 1.61. The number of rotatable bonds is 5. The van der Waals surface area contributed by atoms with Crippen LogP contribution in [0.4, 0.5) is 11.5 Å². The zero-order chi connectivity index (χ0) is 19.5. The van der Waals surface area contributed by atoms with Gasteiger partial charge in [-0.05, 0) is 37.5 Å². The van der Waals surface area contributed by atoms with Crippen molar-refractivity contribution in [1.82, 2.24) is 9.97 Å². The Balaban J connectivity index is 1.43. The topological polar surface area (TPSA) is 67.4 Å². The normalized spacial score (nSPS) is 15.0. The van der Waals surface area contributed by atoms with Crippen LogP contribution in [0.5, 0.6) is 5.75 Å². The van der Waals surface area contributed by atoms with Crippen molar-refractivity contribution in [3.8, 4) is 5.75 Å². The molecule has 28 heavy (non-hydrogen) atoms. The molecule has 1 aromatic carbocycles. The van der Waals surface area contributed by atoms with Crippen LogP contribution in [0.2, 0.25) is 0 Å². The van der Waals surface area contributed by atoms with Crippen molar-refractivity contribution < 1.29 is 9.53 Å². The van der Waals surface area contributed by atoms with Gasteiger partial charge in [-0.3, -0.25) is 4.79 Å². The Kier molecular flexibility index (Phi) is 5.43. The SMILES string of the molecule is CCc1cc2c(N3CCC(C(=O)Nc4ccccc4OC)CC3)ncnc2s1. The first kappa shape index (κ1) is 18.7. The van der Waals surface area contributed by atoms with E-state index >= 15 is 0 Å². The number of carbonyl (C=O) groups excluding carboxylic acids is 1. The number of amides is 1. The number of carbonyl (C=O) groups is 1. The summed E-state index contributed by atoms with van der Waals surface area (Å²) < 4.78 is 5.32. The van der Waals surface area contributed by atoms with Gasteiger partial charge in [-0.1, -0.05) is 19.1 Å². The van der Waals surface area contributed by atoms with Gasteiger partial charge in [-0.25, -0.2) is 9.97 Å². The molecule has 4 rings (SSSR count). The number of fused-ring (bicyclic) bond motifs is 1. The minimum Gasteiger partial charge on any atom is -0.495 e. The van der Waals surface area contributed by atoms with Crippen molar-refractivity contribution in [2.24, 2.45) is 5.92 Å².